The maximum absolute atomic E-state index is 14.4. The minimum Gasteiger partial charge on any atom is -0.490 e. The zero-order valence-corrected chi connectivity index (χ0v) is 26.1. The van der Waals surface area contributed by atoms with Crippen LogP contribution >= 0.6 is 45.8 Å². The predicted molar refractivity (Wildman–Crippen MR) is 168 cm³/mol. The summed E-state index contributed by atoms with van der Waals surface area (Å²) in [6.07, 6.45) is 8.25. The van der Waals surface area contributed by atoms with Crippen LogP contribution in [0.25, 0.3) is 0 Å². The maximum atomic E-state index is 14.4. The van der Waals surface area contributed by atoms with Crippen molar-refractivity contribution in [1.29, 1.82) is 0 Å². The Bertz CT molecular complexity index is 1420. The van der Waals surface area contributed by atoms with Crippen molar-refractivity contribution in [3.05, 3.63) is 79.4 Å². The number of piperidine rings is 2. The summed E-state index contributed by atoms with van der Waals surface area (Å²) in [5, 5.41) is 16.9. The molecule has 10 heteroatoms. The van der Waals surface area contributed by atoms with Crippen molar-refractivity contribution in [3.63, 3.8) is 0 Å². The third-order valence-electron chi connectivity index (χ3n) is 8.91. The van der Waals surface area contributed by atoms with Crippen molar-refractivity contribution in [2.45, 2.75) is 43.2 Å². The molecular weight excluding hydrogens is 676 g/mol. The lowest BCUT2D eigenvalue weighted by atomic mass is 9.57. The van der Waals surface area contributed by atoms with Gasteiger partial charge >= 0.3 is 0 Å². The molecule has 41 heavy (non-hydrogen) atoms. The molecule has 0 aromatic heterocycles. The molecule has 1 spiro atoms. The van der Waals surface area contributed by atoms with Crippen molar-refractivity contribution >= 4 is 63.3 Å². The van der Waals surface area contributed by atoms with E-state index in [9.17, 15) is 14.7 Å². The molecule has 3 aliphatic heterocycles. The SMILES string of the molecule is O=C1C[C@@H](C2C=CC=C(Cl)C2)[C@]2(C(=O)Nc3cc(Cl)ccc32)[C@H](c2cc(I)ccc2OC2CCN(CCO)CC2)N1. The summed E-state index contributed by atoms with van der Waals surface area (Å²) < 4.78 is 7.64. The number of carbonyl (C=O) groups is 2. The number of β-amino-alcohol motifs (C(OH)–C–C–N with tert-alkyl or cyclic N) is 1. The molecule has 7 nitrogen and oxygen atoms in total. The van der Waals surface area contributed by atoms with Gasteiger partial charge in [0.2, 0.25) is 11.8 Å². The summed E-state index contributed by atoms with van der Waals surface area (Å²) in [5.41, 5.74) is 1.17. The summed E-state index contributed by atoms with van der Waals surface area (Å²) in [4.78, 5) is 30.1. The fraction of sp³-hybridized carbons (Fsp3) is 0.419. The van der Waals surface area contributed by atoms with Crippen molar-refractivity contribution in [1.82, 2.24) is 10.2 Å². The van der Waals surface area contributed by atoms with Crippen molar-refractivity contribution < 1.29 is 19.4 Å². The van der Waals surface area contributed by atoms with Crippen molar-refractivity contribution in [3.8, 4) is 5.75 Å². The van der Waals surface area contributed by atoms with E-state index >= 15 is 0 Å². The smallest absolute Gasteiger partial charge is 0.237 e. The number of aliphatic hydroxyl groups excluding tert-OH is 1. The highest BCUT2D eigenvalue weighted by molar-refractivity contribution is 14.1. The van der Waals surface area contributed by atoms with Crippen molar-refractivity contribution in [2.75, 3.05) is 31.6 Å². The molecular formula is C31H32Cl2IN3O4. The normalized spacial score (nSPS) is 28.3. The number of hydrogen-bond donors (Lipinski definition) is 3. The molecule has 216 valence electrons. The summed E-state index contributed by atoms with van der Waals surface area (Å²) in [5.74, 6) is -0.0667. The Labute approximate surface area is 263 Å². The van der Waals surface area contributed by atoms with E-state index in [1.165, 1.54) is 0 Å². The molecule has 6 rings (SSSR count). The number of fused-ring (bicyclic) bond motifs is 2. The fourth-order valence-corrected chi connectivity index (χ4v) is 8.01. The molecule has 4 aliphatic rings. The number of aliphatic hydroxyl groups is 1. The molecule has 1 unspecified atom stereocenters. The van der Waals surface area contributed by atoms with Gasteiger partial charge in [0, 0.05) is 50.9 Å². The Morgan fingerprint density at radius 1 is 1.10 bits per heavy atom. The summed E-state index contributed by atoms with van der Waals surface area (Å²) in [6.45, 7) is 2.49. The van der Waals surface area contributed by atoms with Crippen LogP contribution in [0.3, 0.4) is 0 Å². The van der Waals surface area contributed by atoms with Gasteiger partial charge in [0.1, 0.15) is 17.3 Å². The first-order valence-electron chi connectivity index (χ1n) is 14.0. The lowest BCUT2D eigenvalue weighted by Gasteiger charge is -2.49. The van der Waals surface area contributed by atoms with Crippen LogP contribution in [0.4, 0.5) is 5.69 Å². The van der Waals surface area contributed by atoms with Gasteiger partial charge < -0.3 is 25.4 Å². The molecule has 3 N–H and O–H groups in total. The van der Waals surface area contributed by atoms with E-state index in [4.69, 9.17) is 27.9 Å². The van der Waals surface area contributed by atoms with Crippen LogP contribution in [-0.4, -0.2) is 54.2 Å². The minimum absolute atomic E-state index is 0.0106. The van der Waals surface area contributed by atoms with Crippen LogP contribution in [-0.2, 0) is 15.0 Å². The molecule has 4 atom stereocenters. The molecule has 2 aromatic carbocycles. The number of rotatable bonds is 6. The monoisotopic (exact) mass is 707 g/mol. The Morgan fingerprint density at radius 2 is 1.90 bits per heavy atom. The van der Waals surface area contributed by atoms with Crippen molar-refractivity contribution in [2.24, 2.45) is 11.8 Å². The Kier molecular flexibility index (Phi) is 8.40. The summed E-state index contributed by atoms with van der Waals surface area (Å²) in [7, 11) is 0. The average Bonchev–Trinajstić information content (AvgIpc) is 3.23. The molecule has 0 saturated carbocycles. The number of anilines is 1. The van der Waals surface area contributed by atoms with Gasteiger partial charge in [-0.3, -0.25) is 9.59 Å². The van der Waals surface area contributed by atoms with Gasteiger partial charge in [-0.25, -0.2) is 0 Å². The molecule has 2 amide bonds. The van der Waals surface area contributed by atoms with Gasteiger partial charge in [-0.2, -0.15) is 0 Å². The Hall–Kier alpha value is -2.11. The number of nitrogens with zero attached hydrogens (tertiary/aromatic N) is 1. The average molecular weight is 708 g/mol. The van der Waals surface area contributed by atoms with E-state index in [0.717, 1.165) is 40.6 Å². The van der Waals surface area contributed by atoms with Gasteiger partial charge in [-0.05, 0) is 95.7 Å². The largest absolute Gasteiger partial charge is 0.490 e. The summed E-state index contributed by atoms with van der Waals surface area (Å²) in [6, 6.07) is 10.8. The number of halogens is 3. The molecule has 0 radical (unpaired) electrons. The highest BCUT2D eigenvalue weighted by Gasteiger charge is 2.62. The third kappa shape index (κ3) is 5.42. The number of likely N-dealkylation sites (tertiary alicyclic amines) is 1. The molecule has 1 aliphatic carbocycles. The van der Waals surface area contributed by atoms with Crippen LogP contribution in [0.5, 0.6) is 5.75 Å². The standard InChI is InChI=1S/C31H32Cl2IN3O4/c32-19-3-1-2-18(14-19)25-17-28(39)36-29(31(25)24-6-4-20(33)15-26(24)35-30(31)40)23-16-21(34)5-7-27(23)41-22-8-10-37(11-9-22)12-13-38/h1-7,15-16,18,22,25,29,38H,8-14,17H2,(H,35,40)(H,36,39)/t18?,25-,29-,31-/m0/s1. The highest BCUT2D eigenvalue weighted by atomic mass is 127. The van der Waals surface area contributed by atoms with Gasteiger partial charge in [0.15, 0.2) is 0 Å². The molecule has 0 bridgehead atoms. The lowest BCUT2D eigenvalue weighted by Crippen LogP contribution is -2.59. The number of allylic oxidation sites excluding steroid dienone is 4. The zero-order chi connectivity index (χ0) is 28.7. The Balaban J connectivity index is 1.46. The number of benzene rings is 2. The Morgan fingerprint density at radius 3 is 2.66 bits per heavy atom. The van der Waals surface area contributed by atoms with E-state index in [1.807, 2.05) is 42.5 Å². The number of hydrogen-bond acceptors (Lipinski definition) is 5. The van der Waals surface area contributed by atoms with E-state index < -0.39 is 11.5 Å². The predicted octanol–water partition coefficient (Wildman–Crippen LogP) is 5.55. The molecule has 2 fully saturated rings. The van der Waals surface area contributed by atoms with E-state index in [-0.39, 0.29) is 42.8 Å². The van der Waals surface area contributed by atoms with Crippen LogP contribution in [0.2, 0.25) is 5.02 Å². The van der Waals surface area contributed by atoms with Gasteiger partial charge in [-0.15, -0.1) is 0 Å². The first-order valence-corrected chi connectivity index (χ1v) is 15.9. The quantitative estimate of drug-likeness (QED) is 0.343. The number of nitrogens with one attached hydrogen (secondary N) is 2. The second-order valence-corrected chi connectivity index (χ2v) is 13.4. The van der Waals surface area contributed by atoms with Crippen LogP contribution in [0, 0.1) is 15.4 Å². The van der Waals surface area contributed by atoms with E-state index in [2.05, 4.69) is 44.2 Å². The number of amides is 2. The second kappa shape index (κ2) is 11.9. The maximum Gasteiger partial charge on any atom is 0.237 e. The van der Waals surface area contributed by atoms with Crippen LogP contribution in [0.1, 0.15) is 42.9 Å². The van der Waals surface area contributed by atoms with Gasteiger partial charge in [-0.1, -0.05) is 41.4 Å². The first kappa shape index (κ1) is 29.0. The van der Waals surface area contributed by atoms with Gasteiger partial charge in [0.05, 0.1) is 12.6 Å². The number of ether oxygens (including phenoxy) is 1. The number of carbonyl (C=O) groups excluding carboxylic acids is 2. The molecule has 2 aromatic rings. The lowest BCUT2D eigenvalue weighted by molar-refractivity contribution is -0.135. The molecule has 2 saturated heterocycles. The van der Waals surface area contributed by atoms with Crippen LogP contribution < -0.4 is 15.4 Å². The third-order valence-corrected chi connectivity index (χ3v) is 10.1. The minimum atomic E-state index is -1.11. The summed E-state index contributed by atoms with van der Waals surface area (Å²) >= 11 is 15.1. The fourth-order valence-electron chi connectivity index (χ4n) is 7.07. The second-order valence-electron chi connectivity index (χ2n) is 11.3. The molecule has 3 heterocycles. The van der Waals surface area contributed by atoms with Crippen LogP contribution in [0.15, 0.2) is 59.7 Å². The highest BCUT2D eigenvalue weighted by Crippen LogP contribution is 2.58. The first-order chi connectivity index (χ1) is 19.8. The van der Waals surface area contributed by atoms with E-state index in [0.29, 0.717) is 34.5 Å². The van der Waals surface area contributed by atoms with Gasteiger partial charge in [0.25, 0.3) is 0 Å². The van der Waals surface area contributed by atoms with E-state index in [1.54, 1.807) is 6.07 Å². The zero-order valence-electron chi connectivity index (χ0n) is 22.4. The topological polar surface area (TPSA) is 90.9 Å².